The summed E-state index contributed by atoms with van der Waals surface area (Å²) in [4.78, 5) is 27.3. The number of piperidine rings is 1. The van der Waals surface area contributed by atoms with Crippen LogP contribution in [0.2, 0.25) is 0 Å². The summed E-state index contributed by atoms with van der Waals surface area (Å²) in [6.07, 6.45) is 2.95. The zero-order valence-corrected chi connectivity index (χ0v) is 15.9. The first-order valence-electron chi connectivity index (χ1n) is 9.11. The SMILES string of the molecule is CC(C)(C)C(=O)N1CCCC(C(=O)c2cnn(-c3ccc(F)cc3)c2N)C1. The molecule has 7 heteroatoms. The van der Waals surface area contributed by atoms with Gasteiger partial charge < -0.3 is 10.6 Å². The number of anilines is 1. The number of hydrogen-bond donors (Lipinski definition) is 1. The number of nitrogens with two attached hydrogens (primary N) is 1. The summed E-state index contributed by atoms with van der Waals surface area (Å²) < 4.78 is 14.5. The van der Waals surface area contributed by atoms with Gasteiger partial charge >= 0.3 is 0 Å². The molecule has 1 fully saturated rings. The first-order chi connectivity index (χ1) is 12.7. The summed E-state index contributed by atoms with van der Waals surface area (Å²) in [6, 6.07) is 5.73. The van der Waals surface area contributed by atoms with Gasteiger partial charge in [-0.3, -0.25) is 9.59 Å². The highest BCUT2D eigenvalue weighted by Crippen LogP contribution is 2.27. The molecule has 1 aromatic heterocycles. The Labute approximate surface area is 158 Å². The molecule has 3 rings (SSSR count). The second-order valence-corrected chi connectivity index (χ2v) is 8.04. The van der Waals surface area contributed by atoms with Crippen LogP contribution in [0.15, 0.2) is 30.5 Å². The number of amides is 1. The second kappa shape index (κ2) is 7.13. The van der Waals surface area contributed by atoms with E-state index in [0.717, 1.165) is 6.42 Å². The highest BCUT2D eigenvalue weighted by molar-refractivity contribution is 6.02. The van der Waals surface area contributed by atoms with E-state index in [4.69, 9.17) is 5.73 Å². The predicted octanol–water partition coefficient (Wildman–Crippen LogP) is 3.06. The first-order valence-corrected chi connectivity index (χ1v) is 9.11. The molecule has 0 saturated carbocycles. The number of carbonyl (C=O) groups excluding carboxylic acids is 2. The third-order valence-electron chi connectivity index (χ3n) is 4.86. The van der Waals surface area contributed by atoms with Crippen molar-refractivity contribution in [1.82, 2.24) is 14.7 Å². The normalized spacial score (nSPS) is 17.8. The van der Waals surface area contributed by atoms with Crippen LogP contribution in [0, 0.1) is 17.2 Å². The number of nitrogen functional groups attached to an aromatic ring is 1. The van der Waals surface area contributed by atoms with E-state index in [0.29, 0.717) is 30.8 Å². The van der Waals surface area contributed by atoms with Crippen LogP contribution in [0.25, 0.3) is 5.69 Å². The molecule has 6 nitrogen and oxygen atoms in total. The molecule has 0 spiro atoms. The lowest BCUT2D eigenvalue weighted by Crippen LogP contribution is -2.46. The summed E-state index contributed by atoms with van der Waals surface area (Å²) in [7, 11) is 0. The molecule has 27 heavy (non-hydrogen) atoms. The summed E-state index contributed by atoms with van der Waals surface area (Å²) in [5, 5.41) is 4.19. The van der Waals surface area contributed by atoms with Crippen LogP contribution in [0.5, 0.6) is 0 Å². The summed E-state index contributed by atoms with van der Waals surface area (Å²) in [6.45, 7) is 6.71. The molecule has 1 saturated heterocycles. The Morgan fingerprint density at radius 2 is 1.89 bits per heavy atom. The van der Waals surface area contributed by atoms with Crippen molar-refractivity contribution in [3.63, 3.8) is 0 Å². The third kappa shape index (κ3) is 3.86. The van der Waals surface area contributed by atoms with Crippen molar-refractivity contribution >= 4 is 17.5 Å². The highest BCUT2D eigenvalue weighted by atomic mass is 19.1. The highest BCUT2D eigenvalue weighted by Gasteiger charge is 2.34. The maximum absolute atomic E-state index is 13.1. The van der Waals surface area contributed by atoms with Crippen LogP contribution in [-0.4, -0.2) is 39.5 Å². The Hall–Kier alpha value is -2.70. The summed E-state index contributed by atoms with van der Waals surface area (Å²) in [5.74, 6) is -0.474. The molecule has 2 aromatic rings. The minimum absolute atomic E-state index is 0.0509. The van der Waals surface area contributed by atoms with E-state index < -0.39 is 5.41 Å². The number of likely N-dealkylation sites (tertiary alicyclic amines) is 1. The van der Waals surface area contributed by atoms with Gasteiger partial charge in [0.25, 0.3) is 0 Å². The standard InChI is InChI=1S/C20H25FN4O2/c1-20(2,3)19(27)24-10-4-5-13(12-24)17(26)16-11-23-25(18(16)22)15-8-6-14(21)7-9-15/h6-9,11,13H,4-5,10,12,22H2,1-3H3. The molecule has 1 aliphatic rings. The van der Waals surface area contributed by atoms with E-state index in [1.54, 1.807) is 17.0 Å². The Bertz CT molecular complexity index is 852. The maximum Gasteiger partial charge on any atom is 0.227 e. The predicted molar refractivity (Wildman–Crippen MR) is 101 cm³/mol. The zero-order chi connectivity index (χ0) is 19.8. The van der Waals surface area contributed by atoms with Gasteiger partial charge in [0, 0.05) is 24.4 Å². The van der Waals surface area contributed by atoms with Crippen LogP contribution >= 0.6 is 0 Å². The molecule has 0 bridgehead atoms. The Balaban J connectivity index is 1.80. The van der Waals surface area contributed by atoms with Gasteiger partial charge in [-0.05, 0) is 37.1 Å². The van der Waals surface area contributed by atoms with Crippen molar-refractivity contribution in [2.75, 3.05) is 18.8 Å². The van der Waals surface area contributed by atoms with Gasteiger partial charge in [-0.25, -0.2) is 9.07 Å². The Kier molecular flexibility index (Phi) is 5.04. The van der Waals surface area contributed by atoms with Gasteiger partial charge in [0.1, 0.15) is 11.6 Å². The van der Waals surface area contributed by atoms with E-state index in [1.165, 1.54) is 23.0 Å². The average Bonchev–Trinajstić information content (AvgIpc) is 3.02. The molecule has 1 amide bonds. The van der Waals surface area contributed by atoms with Gasteiger partial charge in [0.05, 0.1) is 17.4 Å². The molecule has 1 aromatic carbocycles. The first kappa shape index (κ1) is 19.1. The van der Waals surface area contributed by atoms with Crippen LogP contribution in [-0.2, 0) is 4.79 Å². The molecule has 144 valence electrons. The number of Topliss-reactive ketones (excluding diaryl/α,β-unsaturated/α-hetero) is 1. The van der Waals surface area contributed by atoms with Gasteiger partial charge in [-0.15, -0.1) is 0 Å². The van der Waals surface area contributed by atoms with Crippen molar-refractivity contribution in [2.45, 2.75) is 33.6 Å². The van der Waals surface area contributed by atoms with Crippen LogP contribution in [0.3, 0.4) is 0 Å². The van der Waals surface area contributed by atoms with Crippen molar-refractivity contribution in [2.24, 2.45) is 11.3 Å². The second-order valence-electron chi connectivity index (χ2n) is 8.04. The lowest BCUT2D eigenvalue weighted by atomic mass is 9.88. The van der Waals surface area contributed by atoms with E-state index in [9.17, 15) is 14.0 Å². The summed E-state index contributed by atoms with van der Waals surface area (Å²) >= 11 is 0. The maximum atomic E-state index is 13.1. The largest absolute Gasteiger partial charge is 0.383 e. The molecule has 1 atom stereocenters. The lowest BCUT2D eigenvalue weighted by molar-refractivity contribution is -0.140. The molecule has 0 radical (unpaired) electrons. The van der Waals surface area contributed by atoms with Gasteiger partial charge in [0.15, 0.2) is 5.78 Å². The van der Waals surface area contributed by atoms with E-state index >= 15 is 0 Å². The molecule has 1 unspecified atom stereocenters. The quantitative estimate of drug-likeness (QED) is 0.840. The van der Waals surface area contributed by atoms with Crippen LogP contribution in [0.1, 0.15) is 44.0 Å². The number of rotatable bonds is 3. The molecular weight excluding hydrogens is 347 g/mol. The third-order valence-corrected chi connectivity index (χ3v) is 4.86. The van der Waals surface area contributed by atoms with Crippen molar-refractivity contribution < 1.29 is 14.0 Å². The lowest BCUT2D eigenvalue weighted by Gasteiger charge is -2.35. The molecular formula is C20H25FN4O2. The number of aromatic nitrogens is 2. The zero-order valence-electron chi connectivity index (χ0n) is 15.9. The van der Waals surface area contributed by atoms with Crippen LogP contribution in [0.4, 0.5) is 10.2 Å². The average molecular weight is 372 g/mol. The van der Waals surface area contributed by atoms with E-state index in [1.807, 2.05) is 20.8 Å². The Morgan fingerprint density at radius 3 is 2.52 bits per heavy atom. The van der Waals surface area contributed by atoms with Crippen molar-refractivity contribution in [3.05, 3.63) is 41.8 Å². The number of halogens is 1. The number of benzene rings is 1. The van der Waals surface area contributed by atoms with Gasteiger partial charge in [-0.1, -0.05) is 20.8 Å². The Morgan fingerprint density at radius 1 is 1.22 bits per heavy atom. The van der Waals surface area contributed by atoms with Crippen molar-refractivity contribution in [3.8, 4) is 5.69 Å². The van der Waals surface area contributed by atoms with E-state index in [-0.39, 0.29) is 29.2 Å². The monoisotopic (exact) mass is 372 g/mol. The van der Waals surface area contributed by atoms with Crippen LogP contribution < -0.4 is 5.73 Å². The fourth-order valence-corrected chi connectivity index (χ4v) is 3.41. The number of hydrogen-bond acceptors (Lipinski definition) is 4. The number of ketones is 1. The summed E-state index contributed by atoms with van der Waals surface area (Å²) in [5.41, 5.74) is 6.60. The smallest absolute Gasteiger partial charge is 0.227 e. The molecule has 0 aliphatic carbocycles. The molecule has 1 aliphatic heterocycles. The van der Waals surface area contributed by atoms with Crippen molar-refractivity contribution in [1.29, 1.82) is 0 Å². The molecule has 2 heterocycles. The van der Waals surface area contributed by atoms with Gasteiger partial charge in [-0.2, -0.15) is 5.10 Å². The topological polar surface area (TPSA) is 81.2 Å². The van der Waals surface area contributed by atoms with Gasteiger partial charge in [0.2, 0.25) is 5.91 Å². The molecule has 2 N–H and O–H groups in total. The fourth-order valence-electron chi connectivity index (χ4n) is 3.41. The van der Waals surface area contributed by atoms with E-state index in [2.05, 4.69) is 5.10 Å². The minimum Gasteiger partial charge on any atom is -0.383 e. The number of nitrogens with zero attached hydrogens (tertiary/aromatic N) is 3. The minimum atomic E-state index is -0.475. The fraction of sp³-hybridized carbons (Fsp3) is 0.450. The number of carbonyl (C=O) groups is 2.